The Labute approximate surface area is 97.6 Å². The van der Waals surface area contributed by atoms with Crippen LogP contribution < -0.4 is 5.73 Å². The zero-order chi connectivity index (χ0) is 12.6. The summed E-state index contributed by atoms with van der Waals surface area (Å²) >= 11 is 0. The Morgan fingerprint density at radius 3 is 2.53 bits per heavy atom. The Hall–Kier alpha value is -1.49. The number of nitrogens with two attached hydrogens (primary N) is 1. The Morgan fingerprint density at radius 1 is 1.41 bits per heavy atom. The summed E-state index contributed by atoms with van der Waals surface area (Å²) < 4.78 is 31.2. The summed E-state index contributed by atoms with van der Waals surface area (Å²) in [7, 11) is 1.12. The van der Waals surface area contributed by atoms with Gasteiger partial charge in [0, 0.05) is 5.54 Å². The molecular formula is C12H13F2NO2. The molecule has 1 aliphatic carbocycles. The van der Waals surface area contributed by atoms with Crippen LogP contribution in [-0.2, 0) is 10.3 Å². The van der Waals surface area contributed by atoms with E-state index < -0.39 is 28.7 Å². The first-order valence-corrected chi connectivity index (χ1v) is 5.34. The van der Waals surface area contributed by atoms with Gasteiger partial charge in [0.15, 0.2) is 11.6 Å². The smallest absolute Gasteiger partial charge is 0.340 e. The number of halogens is 2. The molecule has 0 bridgehead atoms. The molecule has 1 aromatic carbocycles. The second kappa shape index (κ2) is 4.07. The number of carbonyl (C=O) groups is 1. The largest absolute Gasteiger partial charge is 0.465 e. The molecule has 1 aromatic rings. The number of rotatable bonds is 2. The van der Waals surface area contributed by atoms with E-state index >= 15 is 0 Å². The molecule has 0 atom stereocenters. The van der Waals surface area contributed by atoms with Crippen LogP contribution in [0.3, 0.4) is 0 Å². The molecule has 0 radical (unpaired) electrons. The van der Waals surface area contributed by atoms with Crippen LogP contribution in [0.15, 0.2) is 12.1 Å². The van der Waals surface area contributed by atoms with Crippen molar-refractivity contribution in [3.8, 4) is 0 Å². The molecule has 0 amide bonds. The van der Waals surface area contributed by atoms with Crippen molar-refractivity contribution in [1.82, 2.24) is 0 Å². The summed E-state index contributed by atoms with van der Waals surface area (Å²) in [6.45, 7) is 0. The van der Waals surface area contributed by atoms with E-state index in [1.807, 2.05) is 0 Å². The van der Waals surface area contributed by atoms with Crippen molar-refractivity contribution in [2.75, 3.05) is 7.11 Å². The predicted octanol–water partition coefficient (Wildman–Crippen LogP) is 2.09. The molecule has 0 unspecified atom stereocenters. The van der Waals surface area contributed by atoms with Gasteiger partial charge in [0.1, 0.15) is 0 Å². The average Bonchev–Trinajstić information content (AvgIpc) is 2.28. The zero-order valence-corrected chi connectivity index (χ0v) is 9.43. The van der Waals surface area contributed by atoms with Crippen molar-refractivity contribution >= 4 is 5.97 Å². The Morgan fingerprint density at radius 2 is 2.06 bits per heavy atom. The summed E-state index contributed by atoms with van der Waals surface area (Å²) in [5.41, 5.74) is 5.41. The minimum Gasteiger partial charge on any atom is -0.465 e. The maximum absolute atomic E-state index is 13.4. The molecular weight excluding hydrogens is 228 g/mol. The van der Waals surface area contributed by atoms with Crippen LogP contribution in [0.5, 0.6) is 0 Å². The number of ether oxygens (including phenoxy) is 1. The lowest BCUT2D eigenvalue weighted by molar-refractivity contribution is 0.0593. The highest BCUT2D eigenvalue weighted by atomic mass is 19.2. The van der Waals surface area contributed by atoms with E-state index in [-0.39, 0.29) is 0 Å². The number of methoxy groups -OCH3 is 1. The second-order valence-corrected chi connectivity index (χ2v) is 4.32. The molecule has 2 rings (SSSR count). The quantitative estimate of drug-likeness (QED) is 0.806. The molecule has 1 saturated carbocycles. The first-order chi connectivity index (χ1) is 7.98. The van der Waals surface area contributed by atoms with E-state index in [0.29, 0.717) is 18.4 Å². The highest BCUT2D eigenvalue weighted by Crippen LogP contribution is 2.39. The number of hydrogen-bond donors (Lipinski definition) is 1. The first-order valence-electron chi connectivity index (χ1n) is 5.34. The summed E-state index contributed by atoms with van der Waals surface area (Å²) in [6.07, 6.45) is 2.36. The second-order valence-electron chi connectivity index (χ2n) is 4.32. The van der Waals surface area contributed by atoms with Gasteiger partial charge in [-0.15, -0.1) is 0 Å². The minimum atomic E-state index is -1.19. The van der Waals surface area contributed by atoms with Crippen molar-refractivity contribution in [2.24, 2.45) is 5.73 Å². The van der Waals surface area contributed by atoms with Gasteiger partial charge in [-0.05, 0) is 37.0 Å². The molecule has 92 valence electrons. The van der Waals surface area contributed by atoms with Crippen LogP contribution in [-0.4, -0.2) is 13.1 Å². The van der Waals surface area contributed by atoms with Crippen LogP contribution >= 0.6 is 0 Å². The maximum Gasteiger partial charge on any atom is 0.340 e. The number of hydrogen-bond acceptors (Lipinski definition) is 3. The van der Waals surface area contributed by atoms with Crippen LogP contribution in [0.25, 0.3) is 0 Å². The molecule has 2 N–H and O–H groups in total. The fourth-order valence-electron chi connectivity index (χ4n) is 1.98. The maximum atomic E-state index is 13.4. The topological polar surface area (TPSA) is 52.3 Å². The van der Waals surface area contributed by atoms with E-state index in [2.05, 4.69) is 4.74 Å². The van der Waals surface area contributed by atoms with Crippen LogP contribution in [0.4, 0.5) is 8.78 Å². The van der Waals surface area contributed by atoms with Crippen LogP contribution in [0.2, 0.25) is 0 Å². The lowest BCUT2D eigenvalue weighted by Gasteiger charge is -2.38. The molecule has 0 aromatic heterocycles. The SMILES string of the molecule is COC(=O)c1cc(C2(N)CCC2)cc(F)c1F. The third-order valence-electron chi connectivity index (χ3n) is 3.25. The molecule has 3 nitrogen and oxygen atoms in total. The van der Waals surface area contributed by atoms with E-state index in [9.17, 15) is 13.6 Å². The molecule has 1 aliphatic rings. The fourth-order valence-corrected chi connectivity index (χ4v) is 1.98. The predicted molar refractivity (Wildman–Crippen MR) is 57.4 cm³/mol. The van der Waals surface area contributed by atoms with Crippen LogP contribution in [0.1, 0.15) is 35.2 Å². The fraction of sp³-hybridized carbons (Fsp3) is 0.417. The van der Waals surface area contributed by atoms with Gasteiger partial charge in [-0.2, -0.15) is 0 Å². The summed E-state index contributed by atoms with van der Waals surface area (Å²) in [5.74, 6) is -3.16. The third-order valence-corrected chi connectivity index (χ3v) is 3.25. The lowest BCUT2D eigenvalue weighted by Crippen LogP contribution is -2.43. The molecule has 5 heteroatoms. The Kier molecular flexibility index (Phi) is 2.87. The van der Waals surface area contributed by atoms with E-state index in [4.69, 9.17) is 5.73 Å². The molecule has 0 spiro atoms. The van der Waals surface area contributed by atoms with E-state index in [0.717, 1.165) is 19.6 Å². The van der Waals surface area contributed by atoms with Crippen molar-refractivity contribution in [1.29, 1.82) is 0 Å². The van der Waals surface area contributed by atoms with E-state index in [1.165, 1.54) is 6.07 Å². The molecule has 17 heavy (non-hydrogen) atoms. The Balaban J connectivity index is 2.49. The van der Waals surface area contributed by atoms with Gasteiger partial charge < -0.3 is 10.5 Å². The van der Waals surface area contributed by atoms with Gasteiger partial charge in [0.05, 0.1) is 12.7 Å². The summed E-state index contributed by atoms with van der Waals surface area (Å²) in [6, 6.07) is 2.34. The van der Waals surface area contributed by atoms with Gasteiger partial charge in [-0.3, -0.25) is 0 Å². The molecule has 0 aliphatic heterocycles. The van der Waals surface area contributed by atoms with E-state index in [1.54, 1.807) is 0 Å². The van der Waals surface area contributed by atoms with Gasteiger partial charge in [0.2, 0.25) is 0 Å². The first kappa shape index (κ1) is 12.0. The third kappa shape index (κ3) is 1.91. The monoisotopic (exact) mass is 241 g/mol. The van der Waals surface area contributed by atoms with Gasteiger partial charge >= 0.3 is 5.97 Å². The van der Waals surface area contributed by atoms with Gasteiger partial charge in [-0.25, -0.2) is 13.6 Å². The highest BCUT2D eigenvalue weighted by Gasteiger charge is 2.36. The number of carbonyl (C=O) groups excluding carboxylic acids is 1. The van der Waals surface area contributed by atoms with Crippen LogP contribution in [0, 0.1) is 11.6 Å². The average molecular weight is 241 g/mol. The number of esters is 1. The van der Waals surface area contributed by atoms with Crippen molar-refractivity contribution in [3.05, 3.63) is 34.9 Å². The normalized spacial score (nSPS) is 17.4. The molecule has 1 fully saturated rings. The minimum absolute atomic E-state index is 0.403. The standard InChI is InChI=1S/C12H13F2NO2/c1-17-11(16)8-5-7(6-9(13)10(8)14)12(15)3-2-4-12/h5-6H,2-4,15H2,1H3. The molecule has 0 heterocycles. The summed E-state index contributed by atoms with van der Waals surface area (Å²) in [4.78, 5) is 11.3. The zero-order valence-electron chi connectivity index (χ0n) is 9.43. The van der Waals surface area contributed by atoms with Gasteiger partial charge in [-0.1, -0.05) is 0 Å². The highest BCUT2D eigenvalue weighted by molar-refractivity contribution is 5.90. The number of benzene rings is 1. The lowest BCUT2D eigenvalue weighted by atomic mass is 9.72. The van der Waals surface area contributed by atoms with Gasteiger partial charge in [0.25, 0.3) is 0 Å². The van der Waals surface area contributed by atoms with Crippen molar-refractivity contribution in [2.45, 2.75) is 24.8 Å². The molecule has 0 saturated heterocycles. The summed E-state index contributed by atoms with van der Waals surface area (Å²) in [5, 5.41) is 0. The van der Waals surface area contributed by atoms with Crippen molar-refractivity contribution < 1.29 is 18.3 Å². The Bertz CT molecular complexity index is 470. The van der Waals surface area contributed by atoms with Crippen molar-refractivity contribution in [3.63, 3.8) is 0 Å².